The number of methoxy groups -OCH3 is 1. The minimum atomic E-state index is -0.0413. The molecular formula is C27H31N3O4S. The van der Waals surface area contributed by atoms with E-state index in [-0.39, 0.29) is 17.6 Å². The van der Waals surface area contributed by atoms with Gasteiger partial charge in [0.25, 0.3) is 5.91 Å². The second-order valence-corrected chi connectivity index (χ2v) is 10.1. The number of aromatic hydroxyl groups is 1. The highest BCUT2D eigenvalue weighted by Gasteiger charge is 2.31. The monoisotopic (exact) mass is 493 g/mol. The summed E-state index contributed by atoms with van der Waals surface area (Å²) in [5.74, 6) is 0.632. The summed E-state index contributed by atoms with van der Waals surface area (Å²) in [6, 6.07) is 9.70. The zero-order valence-electron chi connectivity index (χ0n) is 20.2. The van der Waals surface area contributed by atoms with Crippen molar-refractivity contribution in [3.05, 3.63) is 47.0 Å². The van der Waals surface area contributed by atoms with Crippen LogP contribution in [-0.4, -0.2) is 64.6 Å². The largest absolute Gasteiger partial charge is 0.504 e. The standard InChI is InChI=1S/C27H31N3O4S/c1-3-4-9-28-12-13-29(10-8-25(28)32)27(33)21-16-20(24-6-5-14-35-24)26-19-17-22(31)23(34-2)15-18(19)7-11-30(21)26/h5-6,14-17,31H,3-4,7-13H2,1-2H3. The van der Waals surface area contributed by atoms with Crippen molar-refractivity contribution in [3.63, 3.8) is 0 Å². The van der Waals surface area contributed by atoms with Gasteiger partial charge < -0.3 is 24.2 Å². The molecule has 0 saturated carbocycles. The molecule has 5 rings (SSSR count). The molecule has 184 valence electrons. The molecule has 0 atom stereocenters. The first-order valence-electron chi connectivity index (χ1n) is 12.3. The molecule has 2 aliphatic rings. The van der Waals surface area contributed by atoms with Crippen molar-refractivity contribution < 1.29 is 19.4 Å². The third-order valence-electron chi connectivity index (χ3n) is 7.02. The van der Waals surface area contributed by atoms with Gasteiger partial charge >= 0.3 is 0 Å². The van der Waals surface area contributed by atoms with Crippen LogP contribution < -0.4 is 4.74 Å². The molecule has 1 N–H and O–H groups in total. The second-order valence-electron chi connectivity index (χ2n) is 9.13. The molecule has 1 fully saturated rings. The van der Waals surface area contributed by atoms with E-state index < -0.39 is 0 Å². The van der Waals surface area contributed by atoms with Gasteiger partial charge in [-0.1, -0.05) is 19.4 Å². The minimum Gasteiger partial charge on any atom is -0.504 e. The number of aromatic nitrogens is 1. The van der Waals surface area contributed by atoms with Crippen molar-refractivity contribution in [2.75, 3.05) is 33.3 Å². The van der Waals surface area contributed by atoms with Crippen LogP contribution in [0.25, 0.3) is 21.7 Å². The molecule has 3 aromatic rings. The number of benzene rings is 1. The molecule has 0 unspecified atom stereocenters. The summed E-state index contributed by atoms with van der Waals surface area (Å²) in [5.41, 5.74) is 4.59. The number of unbranched alkanes of at least 4 members (excludes halogenated alkanes) is 1. The molecule has 2 aliphatic heterocycles. The Morgan fingerprint density at radius 2 is 1.97 bits per heavy atom. The van der Waals surface area contributed by atoms with Crippen LogP contribution in [0.1, 0.15) is 42.2 Å². The number of aryl methyl sites for hydroxylation is 1. The Hall–Kier alpha value is -3.26. The van der Waals surface area contributed by atoms with Crippen LogP contribution in [0.3, 0.4) is 0 Å². The minimum absolute atomic E-state index is 0.0413. The lowest BCUT2D eigenvalue weighted by Crippen LogP contribution is -2.37. The van der Waals surface area contributed by atoms with Crippen molar-refractivity contribution in [1.29, 1.82) is 0 Å². The predicted molar refractivity (Wildman–Crippen MR) is 137 cm³/mol. The molecule has 0 radical (unpaired) electrons. The van der Waals surface area contributed by atoms with Gasteiger partial charge in [-0.25, -0.2) is 0 Å². The van der Waals surface area contributed by atoms with E-state index in [9.17, 15) is 14.7 Å². The summed E-state index contributed by atoms with van der Waals surface area (Å²) in [4.78, 5) is 31.2. The van der Waals surface area contributed by atoms with E-state index in [1.165, 1.54) is 0 Å². The maximum atomic E-state index is 13.8. The van der Waals surface area contributed by atoms with Gasteiger partial charge in [-0.05, 0) is 48.1 Å². The highest BCUT2D eigenvalue weighted by atomic mass is 32.1. The zero-order chi connectivity index (χ0) is 24.5. The molecule has 4 heterocycles. The molecule has 8 heteroatoms. The molecule has 35 heavy (non-hydrogen) atoms. The number of ether oxygens (including phenoxy) is 1. The maximum Gasteiger partial charge on any atom is 0.270 e. The van der Waals surface area contributed by atoms with E-state index >= 15 is 0 Å². The number of amides is 2. The Labute approximate surface area is 209 Å². The third kappa shape index (κ3) is 4.31. The number of rotatable bonds is 6. The van der Waals surface area contributed by atoms with Crippen molar-refractivity contribution in [2.24, 2.45) is 0 Å². The summed E-state index contributed by atoms with van der Waals surface area (Å²) < 4.78 is 7.42. The van der Waals surface area contributed by atoms with Crippen LogP contribution in [0.15, 0.2) is 35.7 Å². The van der Waals surface area contributed by atoms with Gasteiger partial charge in [-0.3, -0.25) is 9.59 Å². The number of hydrogen-bond donors (Lipinski definition) is 1. The quantitative estimate of drug-likeness (QED) is 0.543. The fraction of sp³-hybridized carbons (Fsp3) is 0.407. The van der Waals surface area contributed by atoms with E-state index in [0.29, 0.717) is 44.0 Å². The molecule has 2 amide bonds. The molecular weight excluding hydrogens is 462 g/mol. The Morgan fingerprint density at radius 1 is 1.11 bits per heavy atom. The van der Waals surface area contributed by atoms with Gasteiger partial charge in [0, 0.05) is 55.1 Å². The Kier molecular flexibility index (Phi) is 6.56. The number of fused-ring (bicyclic) bond motifs is 3. The van der Waals surface area contributed by atoms with Crippen LogP contribution >= 0.6 is 11.3 Å². The number of nitrogens with zero attached hydrogens (tertiary/aromatic N) is 3. The lowest BCUT2D eigenvalue weighted by molar-refractivity contribution is -0.130. The maximum absolute atomic E-state index is 13.8. The molecule has 0 aliphatic carbocycles. The van der Waals surface area contributed by atoms with Gasteiger partial charge in [-0.2, -0.15) is 0 Å². The van der Waals surface area contributed by atoms with Crippen molar-refractivity contribution in [3.8, 4) is 33.2 Å². The topological polar surface area (TPSA) is 75.0 Å². The summed E-state index contributed by atoms with van der Waals surface area (Å²) in [7, 11) is 1.55. The van der Waals surface area contributed by atoms with Crippen LogP contribution in [0.5, 0.6) is 11.5 Å². The van der Waals surface area contributed by atoms with Gasteiger partial charge in [0.2, 0.25) is 5.91 Å². The van der Waals surface area contributed by atoms with Crippen LogP contribution in [0.2, 0.25) is 0 Å². The van der Waals surface area contributed by atoms with E-state index in [1.54, 1.807) is 24.5 Å². The predicted octanol–water partition coefficient (Wildman–Crippen LogP) is 4.63. The summed E-state index contributed by atoms with van der Waals surface area (Å²) in [6.07, 6.45) is 3.11. The van der Waals surface area contributed by atoms with Gasteiger partial charge in [0.1, 0.15) is 5.69 Å². The normalized spacial score (nSPS) is 15.5. The molecule has 2 aromatic heterocycles. The van der Waals surface area contributed by atoms with E-state index in [1.807, 2.05) is 33.4 Å². The number of hydrogen-bond acceptors (Lipinski definition) is 5. The molecule has 7 nitrogen and oxygen atoms in total. The fourth-order valence-corrected chi connectivity index (χ4v) is 5.86. The zero-order valence-corrected chi connectivity index (χ0v) is 21.1. The summed E-state index contributed by atoms with van der Waals surface area (Å²) in [5, 5.41) is 12.6. The average Bonchev–Trinajstić information content (AvgIpc) is 3.48. The van der Waals surface area contributed by atoms with E-state index in [2.05, 4.69) is 17.6 Å². The number of thiophene rings is 1. The van der Waals surface area contributed by atoms with E-state index in [4.69, 9.17) is 4.74 Å². The molecule has 1 saturated heterocycles. The number of carbonyl (C=O) groups excluding carboxylic acids is 2. The van der Waals surface area contributed by atoms with Gasteiger partial charge in [0.05, 0.1) is 12.8 Å². The average molecular weight is 494 g/mol. The van der Waals surface area contributed by atoms with Crippen molar-refractivity contribution in [1.82, 2.24) is 14.4 Å². The molecule has 0 bridgehead atoms. The number of carbonyl (C=O) groups is 2. The summed E-state index contributed by atoms with van der Waals surface area (Å²) >= 11 is 1.63. The number of phenolic OH excluding ortho intramolecular Hbond substituents is 1. The Balaban J connectivity index is 1.53. The van der Waals surface area contributed by atoms with Crippen molar-refractivity contribution >= 4 is 23.2 Å². The SMILES string of the molecule is CCCCN1CCN(C(=O)c2cc(-c3cccs3)c3n2CCc2cc(OC)c(O)cc2-3)CCC1=O. The molecule has 0 spiro atoms. The number of phenols is 1. The van der Waals surface area contributed by atoms with Crippen LogP contribution in [0.4, 0.5) is 0 Å². The Bertz CT molecular complexity index is 1250. The molecule has 1 aromatic carbocycles. The second kappa shape index (κ2) is 9.77. The van der Waals surface area contributed by atoms with Gasteiger partial charge in [-0.15, -0.1) is 11.3 Å². The first-order valence-corrected chi connectivity index (χ1v) is 13.1. The first kappa shape index (κ1) is 23.5. The van der Waals surface area contributed by atoms with Crippen LogP contribution in [0, 0.1) is 0 Å². The first-order chi connectivity index (χ1) is 17.0. The summed E-state index contributed by atoms with van der Waals surface area (Å²) in [6.45, 7) is 5.09. The van der Waals surface area contributed by atoms with E-state index in [0.717, 1.165) is 53.1 Å². The van der Waals surface area contributed by atoms with Gasteiger partial charge in [0.15, 0.2) is 11.5 Å². The Morgan fingerprint density at radius 3 is 2.71 bits per heavy atom. The smallest absolute Gasteiger partial charge is 0.270 e. The van der Waals surface area contributed by atoms with Crippen molar-refractivity contribution in [2.45, 2.75) is 39.2 Å². The van der Waals surface area contributed by atoms with Crippen LogP contribution in [-0.2, 0) is 17.8 Å². The highest BCUT2D eigenvalue weighted by Crippen LogP contribution is 2.45. The lowest BCUT2D eigenvalue weighted by atomic mass is 9.95. The fourth-order valence-electron chi connectivity index (χ4n) is 5.12. The third-order valence-corrected chi connectivity index (χ3v) is 7.93. The highest BCUT2D eigenvalue weighted by molar-refractivity contribution is 7.13. The lowest BCUT2D eigenvalue weighted by Gasteiger charge is -2.25.